The number of nitrogens with one attached hydrogen (secondary N) is 3. The van der Waals surface area contributed by atoms with E-state index in [1.165, 1.54) is 21.9 Å². The van der Waals surface area contributed by atoms with Gasteiger partial charge in [-0.2, -0.15) is 0 Å². The van der Waals surface area contributed by atoms with Crippen LogP contribution in [-0.2, 0) is 0 Å². The third kappa shape index (κ3) is 3.78. The van der Waals surface area contributed by atoms with Gasteiger partial charge in [0.2, 0.25) is 0 Å². The number of carbonyl (C=O) groups is 2. The molecule has 2 aromatic heterocycles. The second kappa shape index (κ2) is 7.62. The maximum absolute atomic E-state index is 12.3. The van der Waals surface area contributed by atoms with Crippen molar-refractivity contribution < 1.29 is 9.59 Å². The van der Waals surface area contributed by atoms with Crippen molar-refractivity contribution in [2.24, 2.45) is 0 Å². The van der Waals surface area contributed by atoms with Crippen molar-refractivity contribution in [2.45, 2.75) is 0 Å². The van der Waals surface area contributed by atoms with E-state index in [9.17, 15) is 14.4 Å². The third-order valence-corrected chi connectivity index (χ3v) is 4.17. The average Bonchev–Trinajstić information content (AvgIpc) is 3.11. The van der Waals surface area contributed by atoms with Crippen molar-refractivity contribution in [3.8, 4) is 0 Å². The molecule has 0 aliphatic heterocycles. The summed E-state index contributed by atoms with van der Waals surface area (Å²) in [5.41, 5.74) is 0.575. The van der Waals surface area contributed by atoms with Gasteiger partial charge >= 0.3 is 6.03 Å². The number of benzene rings is 1. The van der Waals surface area contributed by atoms with Crippen LogP contribution in [0.25, 0.3) is 4.96 Å². The molecule has 0 aliphatic rings. The molecule has 3 amide bonds. The number of urea groups is 1. The lowest BCUT2D eigenvalue weighted by molar-refractivity contribution is 0.102. The maximum Gasteiger partial charge on any atom is 0.319 e. The maximum atomic E-state index is 12.3. The van der Waals surface area contributed by atoms with Gasteiger partial charge in [-0.15, -0.1) is 17.9 Å². The first-order valence-corrected chi connectivity index (χ1v) is 8.48. The number of nitrogens with zero attached hydrogens (tertiary/aromatic N) is 2. The summed E-state index contributed by atoms with van der Waals surface area (Å²) in [5.74, 6) is -0.549. The molecular weight excluding hydrogens is 354 g/mol. The zero-order valence-corrected chi connectivity index (χ0v) is 14.4. The monoisotopic (exact) mass is 369 g/mol. The highest BCUT2D eigenvalue weighted by Crippen LogP contribution is 2.14. The molecule has 132 valence electrons. The summed E-state index contributed by atoms with van der Waals surface area (Å²) >= 11 is 1.31. The molecule has 0 fully saturated rings. The molecule has 26 heavy (non-hydrogen) atoms. The Balaban J connectivity index is 1.69. The molecular formula is C17H15N5O3S. The number of anilines is 2. The largest absolute Gasteiger partial charge is 0.334 e. The van der Waals surface area contributed by atoms with Gasteiger partial charge < -0.3 is 16.0 Å². The number of rotatable bonds is 5. The van der Waals surface area contributed by atoms with Crippen LogP contribution in [0.5, 0.6) is 0 Å². The summed E-state index contributed by atoms with van der Waals surface area (Å²) in [4.78, 5) is 40.8. The van der Waals surface area contributed by atoms with Crippen LogP contribution in [0.1, 0.15) is 10.4 Å². The lowest BCUT2D eigenvalue weighted by Gasteiger charge is -2.08. The highest BCUT2D eigenvalue weighted by Gasteiger charge is 2.14. The van der Waals surface area contributed by atoms with E-state index in [1.54, 1.807) is 41.9 Å². The van der Waals surface area contributed by atoms with Crippen LogP contribution in [0.4, 0.5) is 16.2 Å². The first-order valence-electron chi connectivity index (χ1n) is 7.60. The SMILES string of the molecule is C=CCNC(=O)Nc1ccc(NC(=O)c2cnc3sccn3c2=O)cc1. The average molecular weight is 369 g/mol. The molecule has 0 saturated carbocycles. The summed E-state index contributed by atoms with van der Waals surface area (Å²) < 4.78 is 1.33. The van der Waals surface area contributed by atoms with Gasteiger partial charge in [-0.05, 0) is 24.3 Å². The Morgan fingerprint density at radius 2 is 1.88 bits per heavy atom. The first-order chi connectivity index (χ1) is 12.6. The van der Waals surface area contributed by atoms with Crippen LogP contribution in [0.3, 0.4) is 0 Å². The Morgan fingerprint density at radius 3 is 2.58 bits per heavy atom. The van der Waals surface area contributed by atoms with E-state index in [0.29, 0.717) is 22.9 Å². The molecule has 3 rings (SSSR count). The molecule has 3 N–H and O–H groups in total. The van der Waals surface area contributed by atoms with Crippen molar-refractivity contribution in [3.05, 3.63) is 70.6 Å². The van der Waals surface area contributed by atoms with E-state index in [0.717, 1.165) is 0 Å². The molecule has 2 heterocycles. The minimum absolute atomic E-state index is 0.0492. The van der Waals surface area contributed by atoms with Gasteiger partial charge in [0.05, 0.1) is 0 Å². The third-order valence-electron chi connectivity index (χ3n) is 3.39. The van der Waals surface area contributed by atoms with E-state index >= 15 is 0 Å². The first kappa shape index (κ1) is 17.4. The van der Waals surface area contributed by atoms with E-state index < -0.39 is 11.5 Å². The van der Waals surface area contributed by atoms with Crippen LogP contribution < -0.4 is 21.5 Å². The molecule has 0 atom stereocenters. The van der Waals surface area contributed by atoms with E-state index in [2.05, 4.69) is 27.5 Å². The lowest BCUT2D eigenvalue weighted by atomic mass is 10.2. The van der Waals surface area contributed by atoms with Crippen molar-refractivity contribution in [1.29, 1.82) is 0 Å². The number of hydrogen-bond donors (Lipinski definition) is 3. The van der Waals surface area contributed by atoms with Gasteiger partial charge in [-0.1, -0.05) is 6.08 Å². The molecule has 0 aliphatic carbocycles. The van der Waals surface area contributed by atoms with Gasteiger partial charge in [0, 0.05) is 35.7 Å². The minimum atomic E-state index is -0.549. The molecule has 3 aromatic rings. The summed E-state index contributed by atoms with van der Waals surface area (Å²) in [6, 6.07) is 6.15. The molecule has 0 unspecified atom stereocenters. The highest BCUT2D eigenvalue weighted by molar-refractivity contribution is 7.15. The standard InChI is InChI=1S/C17H15N5O3S/c1-2-7-18-16(25)21-12-5-3-11(4-6-12)20-14(23)13-10-19-17-22(15(13)24)8-9-26-17/h2-6,8-10H,1,7H2,(H,20,23)(H2,18,21,25). The van der Waals surface area contributed by atoms with Gasteiger partial charge in [0.25, 0.3) is 11.5 Å². The van der Waals surface area contributed by atoms with E-state index in [-0.39, 0.29) is 11.6 Å². The van der Waals surface area contributed by atoms with Crippen LogP contribution in [0.15, 0.2) is 59.5 Å². The number of aromatic nitrogens is 2. The van der Waals surface area contributed by atoms with Crippen LogP contribution in [0, 0.1) is 0 Å². The zero-order valence-electron chi connectivity index (χ0n) is 13.6. The van der Waals surface area contributed by atoms with Crippen molar-refractivity contribution in [3.63, 3.8) is 0 Å². The van der Waals surface area contributed by atoms with Gasteiger partial charge in [-0.25, -0.2) is 9.78 Å². The lowest BCUT2D eigenvalue weighted by Crippen LogP contribution is -2.28. The molecule has 0 bridgehead atoms. The van der Waals surface area contributed by atoms with Crippen LogP contribution in [-0.4, -0.2) is 27.9 Å². The zero-order chi connectivity index (χ0) is 18.5. The smallest absolute Gasteiger partial charge is 0.319 e. The Bertz CT molecular complexity index is 1020. The molecule has 1 aromatic carbocycles. The molecule has 0 radical (unpaired) electrons. The highest BCUT2D eigenvalue weighted by atomic mass is 32.1. The molecule has 8 nitrogen and oxygen atoms in total. The van der Waals surface area contributed by atoms with Crippen molar-refractivity contribution in [2.75, 3.05) is 17.2 Å². The summed E-state index contributed by atoms with van der Waals surface area (Å²) in [6.45, 7) is 3.87. The normalized spacial score (nSPS) is 10.3. The molecule has 0 saturated heterocycles. The predicted molar refractivity (Wildman–Crippen MR) is 101 cm³/mol. The number of thiazole rings is 1. The van der Waals surface area contributed by atoms with E-state index in [4.69, 9.17) is 0 Å². The summed E-state index contributed by atoms with van der Waals surface area (Å²) in [6.07, 6.45) is 4.41. The number of carbonyl (C=O) groups excluding carboxylic acids is 2. The Hall–Kier alpha value is -3.46. The fourth-order valence-electron chi connectivity index (χ4n) is 2.16. The predicted octanol–water partition coefficient (Wildman–Crippen LogP) is 2.32. The second-order valence-corrected chi connectivity index (χ2v) is 6.06. The summed E-state index contributed by atoms with van der Waals surface area (Å²) in [5, 5.41) is 9.59. The van der Waals surface area contributed by atoms with Gasteiger partial charge in [-0.3, -0.25) is 14.0 Å². The topological polar surface area (TPSA) is 105 Å². The Morgan fingerprint density at radius 1 is 1.19 bits per heavy atom. The number of hydrogen-bond acceptors (Lipinski definition) is 5. The molecule has 0 spiro atoms. The van der Waals surface area contributed by atoms with Crippen molar-refractivity contribution >= 4 is 39.6 Å². The Kier molecular flexibility index (Phi) is 5.09. The minimum Gasteiger partial charge on any atom is -0.334 e. The van der Waals surface area contributed by atoms with Gasteiger partial charge in [0.1, 0.15) is 5.56 Å². The van der Waals surface area contributed by atoms with Crippen LogP contribution >= 0.6 is 11.3 Å². The van der Waals surface area contributed by atoms with E-state index in [1.807, 2.05) is 0 Å². The second-order valence-electron chi connectivity index (χ2n) is 5.19. The van der Waals surface area contributed by atoms with Crippen LogP contribution in [0.2, 0.25) is 0 Å². The Labute approximate surface area is 152 Å². The fourth-order valence-corrected chi connectivity index (χ4v) is 2.83. The number of fused-ring (bicyclic) bond motifs is 1. The fraction of sp³-hybridized carbons (Fsp3) is 0.0588. The molecule has 9 heteroatoms. The van der Waals surface area contributed by atoms with Gasteiger partial charge in [0.15, 0.2) is 4.96 Å². The summed E-state index contributed by atoms with van der Waals surface area (Å²) in [7, 11) is 0. The van der Waals surface area contributed by atoms with Crippen molar-refractivity contribution in [1.82, 2.24) is 14.7 Å². The number of amides is 3. The quantitative estimate of drug-likeness (QED) is 0.600.